The van der Waals surface area contributed by atoms with Crippen LogP contribution in [-0.4, -0.2) is 12.0 Å². The van der Waals surface area contributed by atoms with Gasteiger partial charge in [0.15, 0.2) is 0 Å². The van der Waals surface area contributed by atoms with Crippen LogP contribution in [0.2, 0.25) is 5.02 Å². The van der Waals surface area contributed by atoms with Crippen molar-refractivity contribution in [2.45, 2.75) is 12.4 Å². The molecule has 2 rings (SSSR count). The number of pyridine rings is 1. The first-order valence-electron chi connectivity index (χ1n) is 5.66. The van der Waals surface area contributed by atoms with E-state index in [9.17, 15) is 0 Å². The van der Waals surface area contributed by atoms with Gasteiger partial charge in [-0.05, 0) is 29.8 Å². The first-order chi connectivity index (χ1) is 8.69. The van der Waals surface area contributed by atoms with Crippen LogP contribution in [-0.2, 0) is 12.4 Å². The summed E-state index contributed by atoms with van der Waals surface area (Å²) in [6.07, 6.45) is 0. The second-order valence-electron chi connectivity index (χ2n) is 4.10. The van der Waals surface area contributed by atoms with Crippen molar-refractivity contribution in [2.75, 3.05) is 11.9 Å². The van der Waals surface area contributed by atoms with E-state index in [1.807, 2.05) is 49.5 Å². The maximum absolute atomic E-state index is 5.86. The summed E-state index contributed by atoms with van der Waals surface area (Å²) in [5.74, 6) is 1.35. The third-order valence-electron chi connectivity index (χ3n) is 2.65. The normalized spacial score (nSPS) is 10.4. The summed E-state index contributed by atoms with van der Waals surface area (Å²) in [6, 6.07) is 13.7. The smallest absolute Gasteiger partial charge is 0.128 e. The molecule has 1 aromatic carbocycles. The summed E-state index contributed by atoms with van der Waals surface area (Å²) in [7, 11) is 2.01. The van der Waals surface area contributed by atoms with Gasteiger partial charge in [-0.15, -0.1) is 11.6 Å². The third kappa shape index (κ3) is 3.37. The lowest BCUT2D eigenvalue weighted by Gasteiger charge is -2.18. The number of nitrogens with zero attached hydrogens (tertiary/aromatic N) is 2. The number of alkyl halides is 1. The highest BCUT2D eigenvalue weighted by molar-refractivity contribution is 6.30. The van der Waals surface area contributed by atoms with Crippen LogP contribution in [0.15, 0.2) is 42.5 Å². The van der Waals surface area contributed by atoms with E-state index in [0.717, 1.165) is 23.1 Å². The molecule has 0 radical (unpaired) electrons. The minimum Gasteiger partial charge on any atom is -0.355 e. The molecule has 0 fully saturated rings. The predicted octanol–water partition coefficient (Wildman–Crippen LogP) is 4.11. The Hall–Kier alpha value is -1.25. The average molecular weight is 281 g/mol. The van der Waals surface area contributed by atoms with E-state index in [1.54, 1.807) is 0 Å². The van der Waals surface area contributed by atoms with Gasteiger partial charge in [0.25, 0.3) is 0 Å². The lowest BCUT2D eigenvalue weighted by atomic mass is 10.2. The molecule has 0 N–H and O–H groups in total. The van der Waals surface area contributed by atoms with Crippen molar-refractivity contribution in [3.8, 4) is 0 Å². The van der Waals surface area contributed by atoms with Crippen LogP contribution in [0.5, 0.6) is 0 Å². The molecular weight excluding hydrogens is 267 g/mol. The van der Waals surface area contributed by atoms with Crippen LogP contribution in [0, 0.1) is 0 Å². The molecule has 1 heterocycles. The highest BCUT2D eigenvalue weighted by Gasteiger charge is 2.04. The summed E-state index contributed by atoms with van der Waals surface area (Å²) >= 11 is 11.6. The molecule has 0 bridgehead atoms. The lowest BCUT2D eigenvalue weighted by molar-refractivity contribution is 0.891. The summed E-state index contributed by atoms with van der Waals surface area (Å²) in [5.41, 5.74) is 2.08. The molecule has 0 aliphatic heterocycles. The Kier molecular flexibility index (Phi) is 4.45. The Balaban J connectivity index is 2.11. The number of benzene rings is 1. The molecule has 0 spiro atoms. The van der Waals surface area contributed by atoms with Crippen LogP contribution in [0.25, 0.3) is 0 Å². The van der Waals surface area contributed by atoms with Gasteiger partial charge in [-0.25, -0.2) is 4.98 Å². The maximum atomic E-state index is 5.86. The average Bonchev–Trinajstić information content (AvgIpc) is 2.41. The van der Waals surface area contributed by atoms with Gasteiger partial charge < -0.3 is 4.90 Å². The summed E-state index contributed by atoms with van der Waals surface area (Å²) in [5, 5.41) is 0.753. The Labute approximate surface area is 117 Å². The molecular formula is C14H14Cl2N2. The fraction of sp³-hybridized carbons (Fsp3) is 0.214. The van der Waals surface area contributed by atoms with E-state index < -0.39 is 0 Å². The van der Waals surface area contributed by atoms with Crippen molar-refractivity contribution in [2.24, 2.45) is 0 Å². The van der Waals surface area contributed by atoms with E-state index in [-0.39, 0.29) is 0 Å². The van der Waals surface area contributed by atoms with E-state index in [0.29, 0.717) is 5.88 Å². The van der Waals surface area contributed by atoms with E-state index >= 15 is 0 Å². The van der Waals surface area contributed by atoms with Crippen LogP contribution in [0.3, 0.4) is 0 Å². The van der Waals surface area contributed by atoms with Crippen molar-refractivity contribution < 1.29 is 0 Å². The Morgan fingerprint density at radius 3 is 2.50 bits per heavy atom. The molecule has 0 atom stereocenters. The van der Waals surface area contributed by atoms with Crippen molar-refractivity contribution >= 4 is 29.0 Å². The lowest BCUT2D eigenvalue weighted by Crippen LogP contribution is -2.17. The molecule has 2 nitrogen and oxygen atoms in total. The molecule has 0 aliphatic rings. The second-order valence-corrected chi connectivity index (χ2v) is 4.81. The Bertz CT molecular complexity index is 511. The molecule has 0 aliphatic carbocycles. The summed E-state index contributed by atoms with van der Waals surface area (Å²) < 4.78 is 0. The quantitative estimate of drug-likeness (QED) is 0.784. The maximum Gasteiger partial charge on any atom is 0.128 e. The van der Waals surface area contributed by atoms with Gasteiger partial charge in [-0.2, -0.15) is 0 Å². The SMILES string of the molecule is CN(Cc1ccc(Cl)cc1)c1cccc(CCl)n1. The van der Waals surface area contributed by atoms with Crippen molar-refractivity contribution in [1.29, 1.82) is 0 Å². The Morgan fingerprint density at radius 1 is 1.11 bits per heavy atom. The van der Waals surface area contributed by atoms with Crippen LogP contribution >= 0.6 is 23.2 Å². The standard InChI is InChI=1S/C14H14Cl2N2/c1-18(10-11-5-7-12(16)8-6-11)14-4-2-3-13(9-15)17-14/h2-8H,9-10H2,1H3. The summed E-state index contributed by atoms with van der Waals surface area (Å²) in [4.78, 5) is 6.56. The summed E-state index contributed by atoms with van der Waals surface area (Å²) in [6.45, 7) is 0.788. The van der Waals surface area contributed by atoms with E-state index in [4.69, 9.17) is 23.2 Å². The molecule has 2 aromatic rings. The van der Waals surface area contributed by atoms with Crippen LogP contribution < -0.4 is 4.90 Å². The van der Waals surface area contributed by atoms with E-state index in [2.05, 4.69) is 9.88 Å². The highest BCUT2D eigenvalue weighted by Crippen LogP contribution is 2.16. The molecule has 0 amide bonds. The van der Waals surface area contributed by atoms with Crippen molar-refractivity contribution in [3.05, 3.63) is 58.7 Å². The van der Waals surface area contributed by atoms with Gasteiger partial charge in [0.1, 0.15) is 5.82 Å². The predicted molar refractivity (Wildman–Crippen MR) is 77.4 cm³/mol. The fourth-order valence-electron chi connectivity index (χ4n) is 1.70. The number of hydrogen-bond donors (Lipinski definition) is 0. The molecule has 18 heavy (non-hydrogen) atoms. The zero-order valence-corrected chi connectivity index (χ0v) is 11.6. The first kappa shape index (κ1) is 13.2. The van der Waals surface area contributed by atoms with Crippen molar-refractivity contribution in [3.63, 3.8) is 0 Å². The van der Waals surface area contributed by atoms with Crippen LogP contribution in [0.4, 0.5) is 5.82 Å². The number of anilines is 1. The molecule has 0 unspecified atom stereocenters. The van der Waals surface area contributed by atoms with E-state index in [1.165, 1.54) is 5.56 Å². The van der Waals surface area contributed by atoms with Gasteiger partial charge >= 0.3 is 0 Å². The minimum absolute atomic E-state index is 0.433. The van der Waals surface area contributed by atoms with Gasteiger partial charge in [0.2, 0.25) is 0 Å². The second kappa shape index (κ2) is 6.07. The Morgan fingerprint density at radius 2 is 1.83 bits per heavy atom. The number of hydrogen-bond acceptors (Lipinski definition) is 2. The molecule has 94 valence electrons. The molecule has 0 saturated heterocycles. The minimum atomic E-state index is 0.433. The topological polar surface area (TPSA) is 16.1 Å². The molecule has 1 aromatic heterocycles. The zero-order valence-electron chi connectivity index (χ0n) is 10.1. The fourth-order valence-corrected chi connectivity index (χ4v) is 1.97. The number of aromatic nitrogens is 1. The van der Waals surface area contributed by atoms with Gasteiger partial charge in [-0.1, -0.05) is 29.8 Å². The first-order valence-corrected chi connectivity index (χ1v) is 6.58. The third-order valence-corrected chi connectivity index (χ3v) is 3.18. The molecule has 0 saturated carbocycles. The number of rotatable bonds is 4. The monoisotopic (exact) mass is 280 g/mol. The highest BCUT2D eigenvalue weighted by atomic mass is 35.5. The van der Waals surface area contributed by atoms with Gasteiger partial charge in [0.05, 0.1) is 11.6 Å². The van der Waals surface area contributed by atoms with Crippen molar-refractivity contribution in [1.82, 2.24) is 4.98 Å². The van der Waals surface area contributed by atoms with Gasteiger partial charge in [-0.3, -0.25) is 0 Å². The van der Waals surface area contributed by atoms with Crippen LogP contribution in [0.1, 0.15) is 11.3 Å². The molecule has 4 heteroatoms. The van der Waals surface area contributed by atoms with Gasteiger partial charge in [0, 0.05) is 18.6 Å². The largest absolute Gasteiger partial charge is 0.355 e. The number of halogens is 2. The zero-order chi connectivity index (χ0) is 13.0.